The van der Waals surface area contributed by atoms with Crippen LogP contribution in [-0.2, 0) is 13.0 Å². The predicted octanol–water partition coefficient (Wildman–Crippen LogP) is 4.28. The molecule has 7 heteroatoms. The van der Waals surface area contributed by atoms with Gasteiger partial charge in [-0.05, 0) is 55.7 Å². The number of nitrogens with zero attached hydrogens (tertiary/aromatic N) is 3. The van der Waals surface area contributed by atoms with E-state index in [0.717, 1.165) is 28.1 Å². The number of hydrogen-bond acceptors (Lipinski definition) is 5. The Hall–Kier alpha value is -3.35. The maximum Gasteiger partial charge on any atom is 0.321 e. The normalized spacial score (nSPS) is 10.6. The summed E-state index contributed by atoms with van der Waals surface area (Å²) >= 11 is 0. The smallest absolute Gasteiger partial charge is 0.321 e. The molecule has 2 aromatic carbocycles. The second-order valence-electron chi connectivity index (χ2n) is 7.13. The summed E-state index contributed by atoms with van der Waals surface area (Å²) in [5, 5.41) is 6.90. The molecule has 1 N–H and O–H groups in total. The van der Waals surface area contributed by atoms with Gasteiger partial charge < -0.3 is 19.5 Å². The maximum absolute atomic E-state index is 12.4. The molecule has 1 heterocycles. The van der Waals surface area contributed by atoms with Gasteiger partial charge >= 0.3 is 6.03 Å². The number of anilines is 1. The Balaban J connectivity index is 1.48. The molecule has 0 spiro atoms. The summed E-state index contributed by atoms with van der Waals surface area (Å²) in [6.45, 7) is 6.64. The zero-order chi connectivity index (χ0) is 20.8. The van der Waals surface area contributed by atoms with Crippen molar-refractivity contribution < 1.29 is 14.1 Å². The van der Waals surface area contributed by atoms with E-state index in [4.69, 9.17) is 9.26 Å². The third-order valence-corrected chi connectivity index (χ3v) is 4.51. The molecule has 0 unspecified atom stereocenters. The molecule has 3 rings (SSSR count). The maximum atomic E-state index is 12.4. The van der Waals surface area contributed by atoms with Crippen LogP contribution in [0.4, 0.5) is 10.5 Å². The Kier molecular flexibility index (Phi) is 6.49. The van der Waals surface area contributed by atoms with Crippen LogP contribution in [0.1, 0.15) is 28.4 Å². The first kappa shape index (κ1) is 20.4. The van der Waals surface area contributed by atoms with Crippen molar-refractivity contribution >= 4 is 11.7 Å². The van der Waals surface area contributed by atoms with Gasteiger partial charge in [-0.3, -0.25) is 0 Å². The number of hydrogen-bond donors (Lipinski definition) is 1. The van der Waals surface area contributed by atoms with Gasteiger partial charge in [-0.25, -0.2) is 4.79 Å². The molecule has 152 valence electrons. The van der Waals surface area contributed by atoms with Crippen molar-refractivity contribution in [3.05, 3.63) is 70.9 Å². The molecular formula is C22H26N4O3. The number of aromatic nitrogens is 2. The molecule has 2 amide bonds. The Morgan fingerprint density at radius 3 is 2.72 bits per heavy atom. The van der Waals surface area contributed by atoms with Crippen molar-refractivity contribution in [2.75, 3.05) is 18.9 Å². The lowest BCUT2D eigenvalue weighted by atomic mass is 10.1. The lowest BCUT2D eigenvalue weighted by molar-refractivity contribution is 0.222. The van der Waals surface area contributed by atoms with E-state index in [1.807, 2.05) is 63.2 Å². The zero-order valence-electron chi connectivity index (χ0n) is 17.2. The highest BCUT2D eigenvalue weighted by Gasteiger charge is 2.13. The quantitative estimate of drug-likeness (QED) is 0.647. The minimum Gasteiger partial charge on any atom is -0.484 e. The number of carbonyl (C=O) groups excluding carboxylic acids is 1. The van der Waals surface area contributed by atoms with Crippen molar-refractivity contribution in [2.45, 2.75) is 33.8 Å². The molecule has 29 heavy (non-hydrogen) atoms. The summed E-state index contributed by atoms with van der Waals surface area (Å²) in [6, 6.07) is 13.6. The molecule has 0 aliphatic heterocycles. The van der Waals surface area contributed by atoms with Crippen molar-refractivity contribution in [3.63, 3.8) is 0 Å². The van der Waals surface area contributed by atoms with E-state index in [-0.39, 0.29) is 12.6 Å². The van der Waals surface area contributed by atoms with Crippen LogP contribution in [0.5, 0.6) is 5.75 Å². The number of likely N-dealkylation sites (N-methyl/N-ethyl adjacent to an activating group) is 1. The highest BCUT2D eigenvalue weighted by atomic mass is 16.5. The van der Waals surface area contributed by atoms with Crippen LogP contribution >= 0.6 is 0 Å². The van der Waals surface area contributed by atoms with Gasteiger partial charge in [0.25, 0.3) is 5.89 Å². The fraction of sp³-hybridized carbons (Fsp3) is 0.318. The van der Waals surface area contributed by atoms with Crippen LogP contribution in [0.2, 0.25) is 0 Å². The summed E-state index contributed by atoms with van der Waals surface area (Å²) in [5.74, 6) is 1.70. The first-order valence-corrected chi connectivity index (χ1v) is 9.51. The van der Waals surface area contributed by atoms with Crippen LogP contribution in [0, 0.1) is 20.8 Å². The first-order chi connectivity index (χ1) is 13.9. The Labute approximate surface area is 170 Å². The highest BCUT2D eigenvalue weighted by Crippen LogP contribution is 2.17. The van der Waals surface area contributed by atoms with Gasteiger partial charge in [0.1, 0.15) is 5.75 Å². The average molecular weight is 394 g/mol. The van der Waals surface area contributed by atoms with E-state index in [0.29, 0.717) is 24.7 Å². The fourth-order valence-electron chi connectivity index (χ4n) is 2.75. The lowest BCUT2D eigenvalue weighted by Crippen LogP contribution is -2.33. The van der Waals surface area contributed by atoms with E-state index in [9.17, 15) is 4.79 Å². The molecule has 0 radical (unpaired) electrons. The Morgan fingerprint density at radius 1 is 1.14 bits per heavy atom. The molecule has 3 aromatic rings. The summed E-state index contributed by atoms with van der Waals surface area (Å²) in [7, 11) is 1.74. The van der Waals surface area contributed by atoms with Gasteiger partial charge in [0.2, 0.25) is 0 Å². The number of amides is 2. The molecule has 0 bridgehead atoms. The van der Waals surface area contributed by atoms with Crippen LogP contribution < -0.4 is 10.1 Å². The first-order valence-electron chi connectivity index (χ1n) is 9.51. The Bertz CT molecular complexity index is 984. The van der Waals surface area contributed by atoms with E-state index >= 15 is 0 Å². The van der Waals surface area contributed by atoms with E-state index in [1.54, 1.807) is 11.9 Å². The van der Waals surface area contributed by atoms with Crippen molar-refractivity contribution in [2.24, 2.45) is 0 Å². The molecule has 7 nitrogen and oxygen atoms in total. The molecule has 0 aliphatic rings. The Morgan fingerprint density at radius 2 is 1.93 bits per heavy atom. The van der Waals surface area contributed by atoms with Gasteiger partial charge in [-0.2, -0.15) is 4.98 Å². The zero-order valence-corrected chi connectivity index (χ0v) is 17.2. The van der Waals surface area contributed by atoms with Crippen LogP contribution in [0.25, 0.3) is 0 Å². The summed E-state index contributed by atoms with van der Waals surface area (Å²) in [5.41, 5.74) is 4.06. The second kappa shape index (κ2) is 9.23. The standard InChI is InChI=1S/C22H26N4O3/c1-15-6-5-7-18(12-15)28-14-21-24-20(25-29-21)10-11-26(4)22(27)23-19-13-16(2)8-9-17(19)3/h5-9,12-13H,10-11,14H2,1-4H3,(H,23,27). The third-order valence-electron chi connectivity index (χ3n) is 4.51. The number of ether oxygens (including phenoxy) is 1. The molecule has 0 saturated heterocycles. The van der Waals surface area contributed by atoms with Gasteiger partial charge in [0.05, 0.1) is 0 Å². The summed E-state index contributed by atoms with van der Waals surface area (Å²) < 4.78 is 10.9. The van der Waals surface area contributed by atoms with Gasteiger partial charge in [0, 0.05) is 25.7 Å². The lowest BCUT2D eigenvalue weighted by Gasteiger charge is -2.18. The highest BCUT2D eigenvalue weighted by molar-refractivity contribution is 5.90. The third kappa shape index (κ3) is 5.81. The molecular weight excluding hydrogens is 368 g/mol. The van der Waals surface area contributed by atoms with Crippen molar-refractivity contribution in [1.29, 1.82) is 0 Å². The fourth-order valence-corrected chi connectivity index (χ4v) is 2.75. The number of rotatable bonds is 7. The number of nitrogens with one attached hydrogen (secondary N) is 1. The van der Waals surface area contributed by atoms with Crippen LogP contribution in [0.3, 0.4) is 0 Å². The second-order valence-corrected chi connectivity index (χ2v) is 7.13. The van der Waals surface area contributed by atoms with E-state index in [1.165, 1.54) is 0 Å². The molecule has 0 atom stereocenters. The number of carbonyl (C=O) groups is 1. The van der Waals surface area contributed by atoms with Crippen LogP contribution in [-0.4, -0.2) is 34.7 Å². The molecule has 0 saturated carbocycles. The molecule has 0 fully saturated rings. The molecule has 0 aliphatic carbocycles. The van der Waals surface area contributed by atoms with E-state index in [2.05, 4.69) is 15.5 Å². The number of aryl methyl sites for hydroxylation is 3. The van der Waals surface area contributed by atoms with Gasteiger partial charge in [-0.1, -0.05) is 29.4 Å². The summed E-state index contributed by atoms with van der Waals surface area (Å²) in [6.07, 6.45) is 0.491. The van der Waals surface area contributed by atoms with Gasteiger partial charge in [0.15, 0.2) is 12.4 Å². The minimum atomic E-state index is -0.176. The average Bonchev–Trinajstić information content (AvgIpc) is 3.15. The SMILES string of the molecule is Cc1cccc(OCc2nc(CCN(C)C(=O)Nc3cc(C)ccc3C)no2)c1. The number of benzene rings is 2. The number of urea groups is 1. The monoisotopic (exact) mass is 394 g/mol. The largest absolute Gasteiger partial charge is 0.484 e. The summed E-state index contributed by atoms with van der Waals surface area (Å²) in [4.78, 5) is 18.3. The van der Waals surface area contributed by atoms with Gasteiger partial charge in [-0.15, -0.1) is 0 Å². The van der Waals surface area contributed by atoms with Crippen molar-refractivity contribution in [3.8, 4) is 5.75 Å². The minimum absolute atomic E-state index is 0.176. The topological polar surface area (TPSA) is 80.5 Å². The van der Waals surface area contributed by atoms with E-state index < -0.39 is 0 Å². The molecule has 1 aromatic heterocycles. The van der Waals surface area contributed by atoms with Crippen LogP contribution in [0.15, 0.2) is 47.0 Å². The van der Waals surface area contributed by atoms with Crippen molar-refractivity contribution in [1.82, 2.24) is 15.0 Å². The predicted molar refractivity (Wildman–Crippen MR) is 111 cm³/mol.